The smallest absolute Gasteiger partial charge is 0.325 e. The van der Waals surface area contributed by atoms with E-state index in [2.05, 4.69) is 27.7 Å². The molecule has 1 saturated heterocycles. The van der Waals surface area contributed by atoms with Crippen LogP contribution in [0.15, 0.2) is 60.7 Å². The number of cyclic esters (lactones) is 1. The molecule has 1 atom stereocenters. The number of hydrogen-bond acceptors (Lipinski definition) is 5. The molecule has 1 heterocycles. The monoisotopic (exact) mass is 479 g/mol. The number of hydrogen-bond donors (Lipinski definition) is 2. The van der Waals surface area contributed by atoms with Crippen molar-refractivity contribution in [1.82, 2.24) is 15.5 Å². The van der Waals surface area contributed by atoms with Gasteiger partial charge in [-0.05, 0) is 50.8 Å². The van der Waals surface area contributed by atoms with Gasteiger partial charge in [0.05, 0.1) is 12.6 Å². The Kier molecular flexibility index (Phi) is 9.85. The molecule has 1 fully saturated rings. The summed E-state index contributed by atoms with van der Waals surface area (Å²) in [6.07, 6.45) is 4.14. The summed E-state index contributed by atoms with van der Waals surface area (Å²) in [4.78, 5) is 40.7. The lowest BCUT2D eigenvalue weighted by atomic mass is 9.99. The van der Waals surface area contributed by atoms with Gasteiger partial charge in [0.15, 0.2) is 0 Å². The third-order valence-corrected chi connectivity index (χ3v) is 6.24. The van der Waals surface area contributed by atoms with Crippen LogP contribution >= 0.6 is 0 Å². The molecule has 0 radical (unpaired) electrons. The fraction of sp³-hybridized carbons (Fsp3) is 0.464. The molecular formula is C28H37N3O4. The van der Waals surface area contributed by atoms with E-state index in [1.807, 2.05) is 48.5 Å². The van der Waals surface area contributed by atoms with Gasteiger partial charge in [-0.1, -0.05) is 73.5 Å². The Balaban J connectivity index is 1.88. The van der Waals surface area contributed by atoms with E-state index in [0.29, 0.717) is 19.6 Å². The first-order valence-corrected chi connectivity index (χ1v) is 12.4. The Labute approximate surface area is 208 Å². The molecule has 0 aliphatic carbocycles. The predicted octanol–water partition coefficient (Wildman–Crippen LogP) is 3.23. The van der Waals surface area contributed by atoms with Gasteiger partial charge in [0.2, 0.25) is 11.8 Å². The SMILES string of the molecule is CC1(C)NC(=O)C(Cc2ccccc2)N(Cc2ccccc2)CCCCCCOC(=O)CNC1=O. The third-order valence-electron chi connectivity index (χ3n) is 6.24. The first kappa shape index (κ1) is 26.4. The van der Waals surface area contributed by atoms with Crippen LogP contribution in [0.25, 0.3) is 0 Å². The highest BCUT2D eigenvalue weighted by atomic mass is 16.5. The largest absolute Gasteiger partial charge is 0.464 e. The highest BCUT2D eigenvalue weighted by Crippen LogP contribution is 2.17. The lowest BCUT2D eigenvalue weighted by Gasteiger charge is -2.34. The second-order valence-electron chi connectivity index (χ2n) is 9.59. The van der Waals surface area contributed by atoms with Crippen LogP contribution in [0.3, 0.4) is 0 Å². The maximum atomic E-state index is 13.7. The average molecular weight is 480 g/mol. The highest BCUT2D eigenvalue weighted by molar-refractivity contribution is 5.93. The number of nitrogens with one attached hydrogen (secondary N) is 2. The van der Waals surface area contributed by atoms with Gasteiger partial charge in [-0.2, -0.15) is 0 Å². The number of carbonyl (C=O) groups is 3. The normalized spacial score (nSPS) is 21.0. The summed E-state index contributed by atoms with van der Waals surface area (Å²) in [7, 11) is 0. The van der Waals surface area contributed by atoms with Gasteiger partial charge in [0, 0.05) is 6.54 Å². The van der Waals surface area contributed by atoms with Crippen LogP contribution in [0, 0.1) is 0 Å². The Morgan fingerprint density at radius 3 is 2.20 bits per heavy atom. The molecule has 2 aromatic rings. The first-order valence-electron chi connectivity index (χ1n) is 12.4. The van der Waals surface area contributed by atoms with Gasteiger partial charge in [-0.3, -0.25) is 19.3 Å². The van der Waals surface area contributed by atoms with Crippen molar-refractivity contribution in [2.45, 2.75) is 64.1 Å². The summed E-state index contributed by atoms with van der Waals surface area (Å²) in [5.41, 5.74) is 1.00. The molecule has 0 aromatic heterocycles. The van der Waals surface area contributed by atoms with Crippen LogP contribution < -0.4 is 10.6 Å². The molecule has 7 heteroatoms. The van der Waals surface area contributed by atoms with Crippen molar-refractivity contribution in [1.29, 1.82) is 0 Å². The molecule has 3 rings (SSSR count). The molecule has 1 unspecified atom stereocenters. The van der Waals surface area contributed by atoms with E-state index in [1.54, 1.807) is 13.8 Å². The second-order valence-corrected chi connectivity index (χ2v) is 9.59. The van der Waals surface area contributed by atoms with Crippen molar-refractivity contribution in [3.05, 3.63) is 71.8 Å². The topological polar surface area (TPSA) is 87.7 Å². The highest BCUT2D eigenvalue weighted by Gasteiger charge is 2.34. The molecule has 0 saturated carbocycles. The zero-order valence-electron chi connectivity index (χ0n) is 20.8. The molecule has 1 aliphatic rings. The van der Waals surface area contributed by atoms with E-state index < -0.39 is 23.5 Å². The lowest BCUT2D eigenvalue weighted by molar-refractivity contribution is -0.144. The number of ether oxygens (including phenoxy) is 1. The minimum absolute atomic E-state index is 0.209. The lowest BCUT2D eigenvalue weighted by Crippen LogP contribution is -2.60. The van der Waals surface area contributed by atoms with E-state index in [4.69, 9.17) is 4.74 Å². The number of benzene rings is 2. The van der Waals surface area contributed by atoms with Crippen LogP contribution in [0.4, 0.5) is 0 Å². The summed E-state index contributed by atoms with van der Waals surface area (Å²) in [5.74, 6) is -1.11. The minimum Gasteiger partial charge on any atom is -0.464 e. The summed E-state index contributed by atoms with van der Waals surface area (Å²) >= 11 is 0. The number of amides is 2. The van der Waals surface area contributed by atoms with E-state index in [9.17, 15) is 14.4 Å². The van der Waals surface area contributed by atoms with Gasteiger partial charge in [0.25, 0.3) is 0 Å². The second kappa shape index (κ2) is 13.0. The standard InChI is InChI=1S/C28H37N3O4/c1-28(2)27(34)29-20-25(32)35-18-12-4-3-11-17-31(21-23-15-9-6-10-16-23)24(26(33)30-28)19-22-13-7-5-8-14-22/h5-10,13-16,24H,3-4,11-12,17-21H2,1-2H3,(H,29,34)(H,30,33). The quantitative estimate of drug-likeness (QED) is 0.658. The average Bonchev–Trinajstić information content (AvgIpc) is 2.85. The molecule has 188 valence electrons. The van der Waals surface area contributed by atoms with Crippen molar-refractivity contribution >= 4 is 17.8 Å². The molecule has 1 aliphatic heterocycles. The van der Waals surface area contributed by atoms with Crippen molar-refractivity contribution in [2.75, 3.05) is 19.7 Å². The van der Waals surface area contributed by atoms with Crippen molar-refractivity contribution in [3.63, 3.8) is 0 Å². The fourth-order valence-corrected chi connectivity index (χ4v) is 4.22. The molecule has 35 heavy (non-hydrogen) atoms. The summed E-state index contributed by atoms with van der Waals surface area (Å²) < 4.78 is 5.21. The maximum Gasteiger partial charge on any atom is 0.325 e. The molecule has 2 amide bonds. The van der Waals surface area contributed by atoms with Crippen LogP contribution in [0.2, 0.25) is 0 Å². The van der Waals surface area contributed by atoms with Gasteiger partial charge >= 0.3 is 5.97 Å². The van der Waals surface area contributed by atoms with Crippen LogP contribution in [-0.2, 0) is 32.1 Å². The Bertz CT molecular complexity index is 963. The van der Waals surface area contributed by atoms with E-state index in [1.165, 1.54) is 0 Å². The third kappa shape index (κ3) is 8.51. The van der Waals surface area contributed by atoms with Crippen molar-refractivity contribution in [3.8, 4) is 0 Å². The van der Waals surface area contributed by atoms with Crippen LogP contribution in [-0.4, -0.2) is 54.0 Å². The maximum absolute atomic E-state index is 13.7. The number of carbonyl (C=O) groups excluding carboxylic acids is 3. The predicted molar refractivity (Wildman–Crippen MR) is 135 cm³/mol. The van der Waals surface area contributed by atoms with E-state index in [-0.39, 0.29) is 12.5 Å². The van der Waals surface area contributed by atoms with Gasteiger partial charge < -0.3 is 15.4 Å². The van der Waals surface area contributed by atoms with Crippen LogP contribution in [0.5, 0.6) is 0 Å². The Morgan fingerprint density at radius 2 is 1.51 bits per heavy atom. The number of rotatable bonds is 4. The molecule has 0 bridgehead atoms. The van der Waals surface area contributed by atoms with Crippen LogP contribution in [0.1, 0.15) is 50.7 Å². The van der Waals surface area contributed by atoms with E-state index >= 15 is 0 Å². The van der Waals surface area contributed by atoms with Gasteiger partial charge in [-0.15, -0.1) is 0 Å². The zero-order chi connectivity index (χ0) is 25.1. The molecule has 2 aromatic carbocycles. The summed E-state index contributed by atoms with van der Waals surface area (Å²) in [6, 6.07) is 19.6. The summed E-state index contributed by atoms with van der Waals surface area (Å²) in [5, 5.41) is 5.54. The Morgan fingerprint density at radius 1 is 0.886 bits per heavy atom. The van der Waals surface area contributed by atoms with Gasteiger partial charge in [-0.25, -0.2) is 0 Å². The molecule has 2 N–H and O–H groups in total. The first-order chi connectivity index (χ1) is 16.8. The number of esters is 1. The fourth-order valence-electron chi connectivity index (χ4n) is 4.22. The van der Waals surface area contributed by atoms with Crippen molar-refractivity contribution < 1.29 is 19.1 Å². The molecule has 7 nitrogen and oxygen atoms in total. The van der Waals surface area contributed by atoms with Gasteiger partial charge in [0.1, 0.15) is 12.1 Å². The summed E-state index contributed by atoms with van der Waals surface area (Å²) in [6.45, 7) is 4.80. The van der Waals surface area contributed by atoms with E-state index in [0.717, 1.165) is 43.4 Å². The minimum atomic E-state index is -1.19. The number of nitrogens with zero attached hydrogens (tertiary/aromatic N) is 1. The Hall–Kier alpha value is -3.19. The molecule has 0 spiro atoms. The van der Waals surface area contributed by atoms with Crippen molar-refractivity contribution in [2.24, 2.45) is 0 Å². The zero-order valence-corrected chi connectivity index (χ0v) is 20.8. The molecular weight excluding hydrogens is 442 g/mol.